The molecule has 6 heavy (non-hydrogen) atoms. The Morgan fingerprint density at radius 2 is 1.67 bits per heavy atom. The van der Waals surface area contributed by atoms with Crippen molar-refractivity contribution in [2.45, 2.75) is 0 Å². The van der Waals surface area contributed by atoms with Crippen LogP contribution in [0.3, 0.4) is 0 Å². The van der Waals surface area contributed by atoms with Crippen molar-refractivity contribution in [1.29, 1.82) is 0 Å². The molecule has 0 aliphatic carbocycles. The zero-order chi connectivity index (χ0) is 3.58. The summed E-state index contributed by atoms with van der Waals surface area (Å²) in [5.74, 6) is 0. The van der Waals surface area contributed by atoms with Crippen molar-refractivity contribution in [3.8, 4) is 0 Å². The van der Waals surface area contributed by atoms with Gasteiger partial charge in [-0.05, 0) is 0 Å². The van der Waals surface area contributed by atoms with Gasteiger partial charge >= 0.3 is 29.6 Å². The first-order valence-corrected chi connectivity index (χ1v) is 2.27. The molecule has 0 heterocycles. The summed E-state index contributed by atoms with van der Waals surface area (Å²) in [5.41, 5.74) is 0. The Hall–Kier alpha value is 1.07. The second-order valence-electron chi connectivity index (χ2n) is 0.424. The third-order valence-corrected chi connectivity index (χ3v) is 0. The van der Waals surface area contributed by atoms with Gasteiger partial charge in [0.15, 0.2) is 0 Å². The van der Waals surface area contributed by atoms with Crippen molar-refractivity contribution in [2.75, 3.05) is 6.26 Å². The third-order valence-electron chi connectivity index (χ3n) is 0. The van der Waals surface area contributed by atoms with Gasteiger partial charge in [0.1, 0.15) is 11.1 Å². The van der Waals surface area contributed by atoms with Gasteiger partial charge in [0, 0.05) is 6.26 Å². The molecule has 0 aromatic heterocycles. The van der Waals surface area contributed by atoms with E-state index in [2.05, 4.69) is 0 Å². The van der Waals surface area contributed by atoms with Crippen LogP contribution in [0.25, 0.3) is 0 Å². The zero-order valence-electron chi connectivity index (χ0n) is 3.71. The minimum atomic E-state index is -1.61. The summed E-state index contributed by atoms with van der Waals surface area (Å²) in [6.07, 6.45) is 1.19. The molecule has 0 aromatic carbocycles. The molecule has 0 radical (unpaired) electrons. The van der Waals surface area contributed by atoms with Crippen molar-refractivity contribution >= 4 is 11.1 Å². The number of hydrogen-bond donors (Lipinski definition) is 1. The Balaban J connectivity index is -0.0000000450. The van der Waals surface area contributed by atoms with Gasteiger partial charge in [-0.3, -0.25) is 0 Å². The molecule has 5 heteroatoms. The molecule has 0 bridgehead atoms. The van der Waals surface area contributed by atoms with Crippen LogP contribution in [0, 0.1) is 0 Å². The van der Waals surface area contributed by atoms with E-state index in [1.165, 1.54) is 6.26 Å². The predicted molar refractivity (Wildman–Crippen MR) is 18.6 cm³/mol. The van der Waals surface area contributed by atoms with Crippen LogP contribution in [0.1, 0.15) is 0 Å². The van der Waals surface area contributed by atoms with Gasteiger partial charge in [-0.25, -0.2) is 4.21 Å². The number of hydrogen-bond acceptors (Lipinski definition) is 2. The normalized spacial score (nSPS) is 10.3. The molecule has 0 aliphatic heterocycles. The Labute approximate surface area is 61.0 Å². The quantitative estimate of drug-likeness (QED) is 0.268. The minimum Gasteiger partial charge on any atom is -0.870 e. The van der Waals surface area contributed by atoms with E-state index < -0.39 is 11.1 Å². The van der Waals surface area contributed by atoms with Crippen LogP contribution >= 0.6 is 0 Å². The standard InChI is InChI=1S/CH4O2S.Na.H2O/c1-4(2)3;;/h1H3,(H,2,3);;1H2/q;+1;/p-1. The fourth-order valence-electron chi connectivity index (χ4n) is 0. The van der Waals surface area contributed by atoms with Crippen molar-refractivity contribution in [3.05, 3.63) is 0 Å². The van der Waals surface area contributed by atoms with Gasteiger partial charge in [-0.2, -0.15) is 0 Å². The van der Waals surface area contributed by atoms with Gasteiger partial charge in [0.25, 0.3) is 0 Å². The van der Waals surface area contributed by atoms with Gasteiger partial charge in [0.2, 0.25) is 0 Å². The molecule has 34 valence electrons. The van der Waals surface area contributed by atoms with E-state index in [0.717, 1.165) is 0 Å². The van der Waals surface area contributed by atoms with Crippen LogP contribution in [0.15, 0.2) is 0 Å². The summed E-state index contributed by atoms with van der Waals surface area (Å²) < 4.78 is 16.6. The summed E-state index contributed by atoms with van der Waals surface area (Å²) in [5, 5.41) is 0. The third kappa shape index (κ3) is 73.4. The molecule has 2 N–H and O–H groups in total. The Kier molecular flexibility index (Phi) is 24.7. The second-order valence-corrected chi connectivity index (χ2v) is 1.27. The average molecular weight is 120 g/mol. The Morgan fingerprint density at radius 3 is 1.67 bits per heavy atom. The SMILES string of the molecule is CS(=O)O.[Na+].[OH-]. The molecular formula is CH5NaO3S. The van der Waals surface area contributed by atoms with Gasteiger partial charge < -0.3 is 10.0 Å². The maximum absolute atomic E-state index is 9.11. The Morgan fingerprint density at radius 1 is 1.67 bits per heavy atom. The molecule has 0 amide bonds. The molecule has 0 saturated carbocycles. The summed E-state index contributed by atoms with van der Waals surface area (Å²) in [6.45, 7) is 0. The van der Waals surface area contributed by atoms with E-state index in [4.69, 9.17) is 8.76 Å². The molecule has 0 rings (SSSR count). The van der Waals surface area contributed by atoms with E-state index in [0.29, 0.717) is 0 Å². The van der Waals surface area contributed by atoms with Crippen molar-refractivity contribution < 1.29 is 43.8 Å². The monoisotopic (exact) mass is 120 g/mol. The van der Waals surface area contributed by atoms with Crippen LogP contribution in [-0.2, 0) is 11.1 Å². The minimum absolute atomic E-state index is 0. The summed E-state index contributed by atoms with van der Waals surface area (Å²) in [6, 6.07) is 0. The number of rotatable bonds is 0. The zero-order valence-corrected chi connectivity index (χ0v) is 6.53. The topological polar surface area (TPSA) is 67.3 Å². The molecule has 1 unspecified atom stereocenters. The first-order chi connectivity index (χ1) is 1.73. The average Bonchev–Trinajstić information content (AvgIpc) is 0.811. The fraction of sp³-hybridized carbons (Fsp3) is 1.00. The van der Waals surface area contributed by atoms with Crippen LogP contribution < -0.4 is 29.6 Å². The van der Waals surface area contributed by atoms with E-state index >= 15 is 0 Å². The van der Waals surface area contributed by atoms with E-state index in [9.17, 15) is 0 Å². The Bertz CT molecular complexity index is 33.8. The van der Waals surface area contributed by atoms with Crippen LogP contribution in [0.2, 0.25) is 0 Å². The van der Waals surface area contributed by atoms with Crippen molar-refractivity contribution in [1.82, 2.24) is 0 Å². The first kappa shape index (κ1) is 15.7. The van der Waals surface area contributed by atoms with Gasteiger partial charge in [-0.15, -0.1) is 0 Å². The molecule has 0 aliphatic rings. The van der Waals surface area contributed by atoms with E-state index in [1.807, 2.05) is 0 Å². The molecular weight excluding hydrogens is 115 g/mol. The maximum Gasteiger partial charge on any atom is 1.00 e. The summed E-state index contributed by atoms with van der Waals surface area (Å²) >= 11 is -1.61. The molecule has 3 nitrogen and oxygen atoms in total. The van der Waals surface area contributed by atoms with Crippen molar-refractivity contribution in [2.24, 2.45) is 0 Å². The van der Waals surface area contributed by atoms with Crippen LogP contribution in [-0.4, -0.2) is 20.5 Å². The van der Waals surface area contributed by atoms with E-state index in [-0.39, 0.29) is 35.0 Å². The molecule has 0 spiro atoms. The summed E-state index contributed by atoms with van der Waals surface area (Å²) in [4.78, 5) is 0. The van der Waals surface area contributed by atoms with Gasteiger partial charge in [-0.1, -0.05) is 0 Å². The van der Waals surface area contributed by atoms with Crippen LogP contribution in [0.5, 0.6) is 0 Å². The second kappa shape index (κ2) is 9.42. The summed E-state index contributed by atoms with van der Waals surface area (Å²) in [7, 11) is 0. The molecule has 0 aromatic rings. The smallest absolute Gasteiger partial charge is 0.870 e. The maximum atomic E-state index is 9.11. The largest absolute Gasteiger partial charge is 1.00 e. The van der Waals surface area contributed by atoms with Crippen LogP contribution in [0.4, 0.5) is 0 Å². The molecule has 0 fully saturated rings. The van der Waals surface area contributed by atoms with Gasteiger partial charge in [0.05, 0.1) is 0 Å². The molecule has 1 atom stereocenters. The predicted octanol–water partition coefficient (Wildman–Crippen LogP) is -3.33. The fourth-order valence-corrected chi connectivity index (χ4v) is 0. The molecule has 0 saturated heterocycles. The van der Waals surface area contributed by atoms with E-state index in [1.54, 1.807) is 0 Å². The van der Waals surface area contributed by atoms with Crippen molar-refractivity contribution in [3.63, 3.8) is 0 Å². The first-order valence-electron chi connectivity index (χ1n) is 0.757.